The highest BCUT2D eigenvalue weighted by atomic mass is 32.2. The Bertz CT molecular complexity index is 1290. The molecule has 4 heterocycles. The predicted octanol–water partition coefficient (Wildman–Crippen LogP) is 4.27. The fraction of sp³-hybridized carbons (Fsp3) is 0.500. The van der Waals surface area contributed by atoms with Crippen molar-refractivity contribution in [3.63, 3.8) is 0 Å². The first-order valence-electron chi connectivity index (χ1n) is 12.4. The second-order valence-electron chi connectivity index (χ2n) is 10.1. The number of piperidine rings is 1. The molecule has 2 aliphatic rings. The molecule has 8 nitrogen and oxygen atoms in total. The molecule has 0 bridgehead atoms. The van der Waals surface area contributed by atoms with E-state index in [4.69, 9.17) is 10.1 Å². The highest BCUT2D eigenvalue weighted by molar-refractivity contribution is 7.85. The third-order valence-electron chi connectivity index (χ3n) is 7.11. The summed E-state index contributed by atoms with van der Waals surface area (Å²) in [5.41, 5.74) is 4.94. The van der Waals surface area contributed by atoms with Crippen molar-refractivity contribution < 1.29 is 9.00 Å². The first-order valence-corrected chi connectivity index (χ1v) is 14.0. The summed E-state index contributed by atoms with van der Waals surface area (Å²) in [7, 11) is -1.27. The van der Waals surface area contributed by atoms with E-state index in [0.29, 0.717) is 23.7 Å². The molecule has 1 unspecified atom stereocenters. The van der Waals surface area contributed by atoms with Crippen LogP contribution in [0.1, 0.15) is 65.8 Å². The number of aromatic nitrogens is 3. The van der Waals surface area contributed by atoms with Crippen LogP contribution in [0.5, 0.6) is 0 Å². The molecule has 1 amide bonds. The molecule has 35 heavy (non-hydrogen) atoms. The zero-order chi connectivity index (χ0) is 24.7. The van der Waals surface area contributed by atoms with Crippen LogP contribution in [-0.2, 0) is 11.0 Å². The number of carbonyl (C=O) groups is 1. The van der Waals surface area contributed by atoms with Gasteiger partial charge in [-0.15, -0.1) is 0 Å². The number of anilines is 2. The molecule has 2 fully saturated rings. The molecule has 186 valence electrons. The van der Waals surface area contributed by atoms with Crippen LogP contribution < -0.4 is 9.62 Å². The first kappa shape index (κ1) is 23.8. The van der Waals surface area contributed by atoms with Gasteiger partial charge in [0.2, 0.25) is 0 Å². The highest BCUT2D eigenvalue weighted by Crippen LogP contribution is 2.34. The predicted molar refractivity (Wildman–Crippen MR) is 140 cm³/mol. The Morgan fingerprint density at radius 1 is 1.14 bits per heavy atom. The maximum atomic E-state index is 13.8. The van der Waals surface area contributed by atoms with Crippen LogP contribution in [0.2, 0.25) is 0 Å². The van der Waals surface area contributed by atoms with Gasteiger partial charge in [0.1, 0.15) is 16.8 Å². The first-order chi connectivity index (χ1) is 16.8. The van der Waals surface area contributed by atoms with Gasteiger partial charge >= 0.3 is 0 Å². The quantitative estimate of drug-likeness (QED) is 0.573. The Morgan fingerprint density at radius 2 is 1.97 bits per heavy atom. The molecule has 2 aliphatic heterocycles. The molecule has 9 heteroatoms. The number of hydrogen-bond acceptors (Lipinski definition) is 5. The van der Waals surface area contributed by atoms with Gasteiger partial charge in [-0.25, -0.2) is 13.7 Å². The number of nitrogens with one attached hydrogen (secondary N) is 1. The summed E-state index contributed by atoms with van der Waals surface area (Å²) in [4.78, 5) is 23.1. The smallest absolute Gasteiger partial charge is 0.256 e. The van der Waals surface area contributed by atoms with Gasteiger partial charge in [-0.2, -0.15) is 5.10 Å². The van der Waals surface area contributed by atoms with Crippen molar-refractivity contribution in [1.82, 2.24) is 19.5 Å². The molecular weight excluding hydrogens is 460 g/mol. The average molecular weight is 495 g/mol. The van der Waals surface area contributed by atoms with E-state index < -0.39 is 11.0 Å². The van der Waals surface area contributed by atoms with Gasteiger partial charge in [0.15, 0.2) is 5.65 Å². The number of nitrogens with zero attached hydrogens (tertiary/aromatic N) is 5. The number of hydrogen-bond donors (Lipinski definition) is 1. The third kappa shape index (κ3) is 4.78. The number of benzene rings is 1. The summed E-state index contributed by atoms with van der Waals surface area (Å²) in [5, 5.41) is 4.87. The number of rotatable bonds is 5. The maximum Gasteiger partial charge on any atom is 0.256 e. The lowest BCUT2D eigenvalue weighted by Crippen LogP contribution is -2.39. The lowest BCUT2D eigenvalue weighted by Gasteiger charge is -2.35. The Kier molecular flexibility index (Phi) is 6.53. The molecule has 0 spiro atoms. The van der Waals surface area contributed by atoms with Crippen LogP contribution in [-0.4, -0.2) is 55.5 Å². The van der Waals surface area contributed by atoms with Crippen molar-refractivity contribution in [2.24, 2.45) is 5.92 Å². The van der Waals surface area contributed by atoms with Crippen LogP contribution in [0.4, 0.5) is 11.5 Å². The highest BCUT2D eigenvalue weighted by Gasteiger charge is 2.32. The fourth-order valence-electron chi connectivity index (χ4n) is 5.35. The van der Waals surface area contributed by atoms with Crippen LogP contribution in [0, 0.1) is 19.8 Å². The molecule has 1 aromatic carbocycles. The second kappa shape index (κ2) is 9.60. The number of amides is 1. The fourth-order valence-corrected chi connectivity index (χ4v) is 5.83. The number of carbonyl (C=O) groups excluding carboxylic acids is 1. The van der Waals surface area contributed by atoms with Crippen molar-refractivity contribution in [1.29, 1.82) is 0 Å². The minimum atomic E-state index is -1.27. The van der Waals surface area contributed by atoms with E-state index >= 15 is 0 Å². The van der Waals surface area contributed by atoms with Crippen molar-refractivity contribution in [3.05, 3.63) is 52.8 Å². The molecule has 0 aliphatic carbocycles. The van der Waals surface area contributed by atoms with Gasteiger partial charge in [0.25, 0.3) is 5.91 Å². The summed E-state index contributed by atoms with van der Waals surface area (Å²) in [6.07, 6.45) is 7.68. The standard InChI is InChI=1S/C26H34N6O2S/c1-17-8-9-21(29-35(4)34)20(13-17)26(33)31-11-6-5-7-23(31)22-14-24-27-25(19(3)16-32(24)28-22)30-12-10-18(2)15-30/h8-9,13-14,16,18,23,29H,5-7,10-12,15H2,1-4H3/t18-,23-,35?/m0/s1. The number of aryl methyl sites for hydroxylation is 2. The zero-order valence-electron chi connectivity index (χ0n) is 21.0. The topological polar surface area (TPSA) is 82.8 Å². The van der Waals surface area contributed by atoms with E-state index in [9.17, 15) is 9.00 Å². The largest absolute Gasteiger partial charge is 0.356 e. The van der Waals surface area contributed by atoms with Gasteiger partial charge in [0.05, 0.1) is 23.0 Å². The van der Waals surface area contributed by atoms with Gasteiger partial charge < -0.3 is 14.5 Å². The lowest BCUT2D eigenvalue weighted by molar-refractivity contribution is 0.0606. The monoisotopic (exact) mass is 494 g/mol. The molecule has 5 rings (SSSR count). The van der Waals surface area contributed by atoms with E-state index in [1.54, 1.807) is 6.26 Å². The van der Waals surface area contributed by atoms with E-state index in [1.807, 2.05) is 40.6 Å². The van der Waals surface area contributed by atoms with Crippen molar-refractivity contribution in [2.75, 3.05) is 35.5 Å². The molecule has 3 atom stereocenters. The van der Waals surface area contributed by atoms with E-state index in [1.165, 1.54) is 6.42 Å². The zero-order valence-corrected chi connectivity index (χ0v) is 21.8. The molecule has 2 aromatic heterocycles. The average Bonchev–Trinajstić information content (AvgIpc) is 3.44. The van der Waals surface area contributed by atoms with Crippen LogP contribution in [0.25, 0.3) is 5.65 Å². The van der Waals surface area contributed by atoms with Gasteiger partial charge in [-0.3, -0.25) is 4.79 Å². The molecule has 2 saturated heterocycles. The Hall–Kier alpha value is -2.94. The van der Waals surface area contributed by atoms with Crippen molar-refractivity contribution in [3.8, 4) is 0 Å². The minimum absolute atomic E-state index is 0.0562. The van der Waals surface area contributed by atoms with Crippen LogP contribution in [0.3, 0.4) is 0 Å². The number of fused-ring (bicyclic) bond motifs is 1. The second-order valence-corrected chi connectivity index (χ2v) is 11.2. The van der Waals surface area contributed by atoms with E-state index in [-0.39, 0.29) is 11.9 Å². The summed E-state index contributed by atoms with van der Waals surface area (Å²) >= 11 is 0. The maximum absolute atomic E-state index is 13.8. The SMILES string of the molecule is Cc1ccc(NS(C)=O)c(C(=O)N2CCCC[C@H]2c2cc3nc(N4CC[C@H](C)C4)c(C)cn3n2)c1. The molecule has 3 aromatic rings. The third-order valence-corrected chi connectivity index (χ3v) is 7.62. The van der Waals surface area contributed by atoms with E-state index in [2.05, 4.69) is 29.7 Å². The van der Waals surface area contributed by atoms with E-state index in [0.717, 1.165) is 60.6 Å². The lowest BCUT2D eigenvalue weighted by atomic mass is 9.97. The summed E-state index contributed by atoms with van der Waals surface area (Å²) < 4.78 is 16.6. The van der Waals surface area contributed by atoms with Crippen molar-refractivity contribution >= 4 is 34.0 Å². The Morgan fingerprint density at radius 3 is 2.71 bits per heavy atom. The number of likely N-dealkylation sites (tertiary alicyclic amines) is 1. The normalized spacial score (nSPS) is 21.5. The molecule has 0 saturated carbocycles. The van der Waals surface area contributed by atoms with Crippen LogP contribution >= 0.6 is 0 Å². The molecular formula is C26H34N6O2S. The Labute approximate surface area is 209 Å². The molecule has 0 radical (unpaired) electrons. The van der Waals surface area contributed by atoms with Crippen molar-refractivity contribution in [2.45, 2.75) is 52.5 Å². The summed E-state index contributed by atoms with van der Waals surface area (Å²) in [6, 6.07) is 7.56. The van der Waals surface area contributed by atoms with Crippen LogP contribution in [0.15, 0.2) is 30.5 Å². The summed E-state index contributed by atoms with van der Waals surface area (Å²) in [6.45, 7) is 9.08. The van der Waals surface area contributed by atoms with Gasteiger partial charge in [-0.05, 0) is 57.6 Å². The van der Waals surface area contributed by atoms with Gasteiger partial charge in [-0.1, -0.05) is 18.6 Å². The Balaban J connectivity index is 1.48. The molecule has 1 N–H and O–H groups in total. The van der Waals surface area contributed by atoms with Gasteiger partial charge in [0, 0.05) is 43.7 Å². The minimum Gasteiger partial charge on any atom is -0.356 e. The summed E-state index contributed by atoms with van der Waals surface area (Å²) in [5.74, 6) is 1.66.